The Morgan fingerprint density at radius 2 is 1.86 bits per heavy atom. The number of nitrogens with one attached hydrogen (secondary N) is 2. The first-order chi connectivity index (χ1) is 13.4. The summed E-state index contributed by atoms with van der Waals surface area (Å²) in [6, 6.07) is 12.4. The second-order valence-electron chi connectivity index (χ2n) is 8.45. The Labute approximate surface area is 168 Å². The van der Waals surface area contributed by atoms with Crippen LogP contribution in [-0.2, 0) is 11.3 Å². The van der Waals surface area contributed by atoms with Crippen molar-refractivity contribution in [2.24, 2.45) is 11.8 Å². The number of hydrogen-bond donors (Lipinski definition) is 2. The molecule has 3 rings (SSSR count). The lowest BCUT2D eigenvalue weighted by atomic mass is 9.92. The predicted molar refractivity (Wildman–Crippen MR) is 111 cm³/mol. The molecule has 1 saturated heterocycles. The maximum atomic E-state index is 12.8. The van der Waals surface area contributed by atoms with Crippen molar-refractivity contribution in [1.29, 1.82) is 5.26 Å². The molecule has 5 nitrogen and oxygen atoms in total. The van der Waals surface area contributed by atoms with Crippen LogP contribution in [0, 0.1) is 37.0 Å². The van der Waals surface area contributed by atoms with E-state index in [9.17, 15) is 10.1 Å². The Hall–Kier alpha value is -2.58. The second kappa shape index (κ2) is 8.62. The van der Waals surface area contributed by atoms with Gasteiger partial charge in [0.15, 0.2) is 6.54 Å². The fourth-order valence-electron chi connectivity index (χ4n) is 4.56. The van der Waals surface area contributed by atoms with E-state index in [4.69, 9.17) is 0 Å². The fourth-order valence-corrected chi connectivity index (χ4v) is 4.56. The zero-order chi connectivity index (χ0) is 20.3. The molecule has 5 heteroatoms. The minimum absolute atomic E-state index is 0.0142. The highest BCUT2D eigenvalue weighted by molar-refractivity contribution is 5.92. The minimum Gasteiger partial charge on any atom is -0.327 e. The summed E-state index contributed by atoms with van der Waals surface area (Å²) in [4.78, 5) is 14.2. The van der Waals surface area contributed by atoms with E-state index in [1.807, 2.05) is 32.0 Å². The molecule has 148 valence electrons. The van der Waals surface area contributed by atoms with E-state index in [1.54, 1.807) is 0 Å². The van der Waals surface area contributed by atoms with Crippen LogP contribution < -0.4 is 10.2 Å². The van der Waals surface area contributed by atoms with Crippen molar-refractivity contribution < 1.29 is 9.69 Å². The molecule has 0 bridgehead atoms. The van der Waals surface area contributed by atoms with Gasteiger partial charge < -0.3 is 14.8 Å². The van der Waals surface area contributed by atoms with Crippen LogP contribution >= 0.6 is 0 Å². The topological polar surface area (TPSA) is 62.3 Å². The van der Waals surface area contributed by atoms with Crippen molar-refractivity contribution in [3.8, 4) is 6.07 Å². The van der Waals surface area contributed by atoms with E-state index < -0.39 is 0 Å². The minimum atomic E-state index is -0.0142. The predicted octanol–water partition coefficient (Wildman–Crippen LogP) is 2.52. The van der Waals surface area contributed by atoms with E-state index >= 15 is 0 Å². The monoisotopic (exact) mass is 379 g/mol. The Morgan fingerprint density at radius 3 is 2.46 bits per heavy atom. The van der Waals surface area contributed by atoms with Crippen molar-refractivity contribution >= 4 is 11.7 Å². The molecule has 0 saturated carbocycles. The summed E-state index contributed by atoms with van der Waals surface area (Å²) in [5.74, 6) is 1.91. The van der Waals surface area contributed by atoms with Gasteiger partial charge in [-0.1, -0.05) is 44.2 Å². The largest absolute Gasteiger partial charge is 0.327 e. The average Bonchev–Trinajstić information content (AvgIpc) is 2.85. The lowest BCUT2D eigenvalue weighted by molar-refractivity contribution is -0.904. The molecule has 1 aromatic carbocycles. The van der Waals surface area contributed by atoms with Gasteiger partial charge in [0.2, 0.25) is 0 Å². The molecule has 1 aliphatic rings. The summed E-state index contributed by atoms with van der Waals surface area (Å²) in [7, 11) is 0. The van der Waals surface area contributed by atoms with Crippen LogP contribution in [0.25, 0.3) is 0 Å². The quantitative estimate of drug-likeness (QED) is 0.839. The number of carbonyl (C=O) groups excluding carboxylic acids is 1. The zero-order valence-electron chi connectivity index (χ0n) is 17.4. The number of anilines is 1. The number of nitrogens with zero attached hydrogens (tertiary/aromatic N) is 2. The molecule has 2 aromatic rings. The number of benzene rings is 1. The van der Waals surface area contributed by atoms with Gasteiger partial charge in [-0.25, -0.2) is 0 Å². The molecular weight excluding hydrogens is 348 g/mol. The molecule has 2 N–H and O–H groups in total. The fraction of sp³-hybridized carbons (Fsp3) is 0.478. The van der Waals surface area contributed by atoms with Gasteiger partial charge in [-0.2, -0.15) is 5.26 Å². The number of amides is 1. The Balaban J connectivity index is 1.81. The summed E-state index contributed by atoms with van der Waals surface area (Å²) in [5, 5.41) is 12.8. The Morgan fingerprint density at radius 1 is 1.21 bits per heavy atom. The van der Waals surface area contributed by atoms with Crippen molar-refractivity contribution in [2.45, 2.75) is 40.7 Å². The van der Waals surface area contributed by atoms with Gasteiger partial charge in [-0.3, -0.25) is 4.79 Å². The van der Waals surface area contributed by atoms with Crippen molar-refractivity contribution in [3.05, 3.63) is 52.7 Å². The standard InChI is InChI=1S/C23H30N4O/c1-16-10-17(2)13-26(12-16)15-22(28)25-23-21(11-24)18(3)19(4)27(23)14-20-8-6-5-7-9-20/h5-9,16-17H,10,12-15H2,1-4H3,(H,25,28)/p+1/t16-,17-/m1/s1. The lowest BCUT2D eigenvalue weighted by Gasteiger charge is -2.31. The first kappa shape index (κ1) is 20.2. The molecule has 2 atom stereocenters. The van der Waals surface area contributed by atoms with Gasteiger partial charge >= 0.3 is 0 Å². The van der Waals surface area contributed by atoms with E-state index in [-0.39, 0.29) is 5.91 Å². The van der Waals surface area contributed by atoms with Crippen LogP contribution in [0.4, 0.5) is 5.82 Å². The van der Waals surface area contributed by atoms with Crippen LogP contribution in [0.3, 0.4) is 0 Å². The van der Waals surface area contributed by atoms with Gasteiger partial charge in [0, 0.05) is 24.1 Å². The summed E-state index contributed by atoms with van der Waals surface area (Å²) < 4.78 is 2.05. The maximum absolute atomic E-state index is 12.8. The molecule has 0 unspecified atom stereocenters. The number of piperidine rings is 1. The number of nitriles is 1. The molecule has 0 spiro atoms. The van der Waals surface area contributed by atoms with Crippen molar-refractivity contribution in [3.63, 3.8) is 0 Å². The highest BCUT2D eigenvalue weighted by Gasteiger charge is 2.28. The van der Waals surface area contributed by atoms with E-state index in [1.165, 1.54) is 11.3 Å². The number of carbonyl (C=O) groups is 1. The van der Waals surface area contributed by atoms with Crippen LogP contribution in [0.5, 0.6) is 0 Å². The highest BCUT2D eigenvalue weighted by atomic mass is 16.2. The molecule has 0 aliphatic carbocycles. The number of hydrogen-bond acceptors (Lipinski definition) is 2. The van der Waals surface area contributed by atoms with Crippen LogP contribution in [0.1, 0.15) is 42.7 Å². The third-order valence-electron chi connectivity index (χ3n) is 5.87. The number of quaternary nitrogens is 1. The first-order valence-electron chi connectivity index (χ1n) is 10.2. The number of aromatic nitrogens is 1. The van der Waals surface area contributed by atoms with Crippen molar-refractivity contribution in [2.75, 3.05) is 25.0 Å². The molecule has 0 radical (unpaired) electrons. The summed E-state index contributed by atoms with van der Waals surface area (Å²) in [6.45, 7) is 11.6. The Kier molecular flexibility index (Phi) is 6.21. The molecular formula is C23H31N4O+. The van der Waals surface area contributed by atoms with Crippen molar-refractivity contribution in [1.82, 2.24) is 4.57 Å². The Bertz CT molecular complexity index is 868. The maximum Gasteiger partial charge on any atom is 0.280 e. The SMILES string of the molecule is Cc1c(C#N)c(NC(=O)C[NH+]2C[C@H](C)C[C@@H](C)C2)n(Cc2ccccc2)c1C. The normalized spacial score (nSPS) is 21.9. The first-order valence-corrected chi connectivity index (χ1v) is 10.2. The molecule has 28 heavy (non-hydrogen) atoms. The van der Waals surface area contributed by atoms with Gasteiger partial charge in [0.05, 0.1) is 18.7 Å². The molecule has 1 aromatic heterocycles. The third-order valence-corrected chi connectivity index (χ3v) is 5.87. The van der Waals surface area contributed by atoms with E-state index in [2.05, 4.69) is 41.9 Å². The molecule has 1 aliphatic heterocycles. The van der Waals surface area contributed by atoms with Crippen LogP contribution in [-0.4, -0.2) is 30.1 Å². The van der Waals surface area contributed by atoms with Gasteiger partial charge in [0.25, 0.3) is 5.91 Å². The summed E-state index contributed by atoms with van der Waals surface area (Å²) in [6.07, 6.45) is 1.24. The van der Waals surface area contributed by atoms with Gasteiger partial charge in [0.1, 0.15) is 11.9 Å². The number of rotatable bonds is 5. The lowest BCUT2D eigenvalue weighted by Crippen LogP contribution is -3.15. The zero-order valence-corrected chi connectivity index (χ0v) is 17.4. The van der Waals surface area contributed by atoms with E-state index in [0.29, 0.717) is 36.3 Å². The molecule has 2 heterocycles. The number of likely N-dealkylation sites (tertiary alicyclic amines) is 1. The average molecular weight is 380 g/mol. The van der Waals surface area contributed by atoms with Gasteiger partial charge in [-0.05, 0) is 31.4 Å². The summed E-state index contributed by atoms with van der Waals surface area (Å²) >= 11 is 0. The second-order valence-corrected chi connectivity index (χ2v) is 8.45. The third kappa shape index (κ3) is 4.45. The van der Waals surface area contributed by atoms with Gasteiger partial charge in [-0.15, -0.1) is 0 Å². The molecule has 1 fully saturated rings. The van der Waals surface area contributed by atoms with Crippen LogP contribution in [0.2, 0.25) is 0 Å². The van der Waals surface area contributed by atoms with E-state index in [0.717, 1.165) is 29.9 Å². The summed E-state index contributed by atoms with van der Waals surface area (Å²) in [5.41, 5.74) is 3.66. The highest BCUT2D eigenvalue weighted by Crippen LogP contribution is 2.27. The molecule has 1 amide bonds. The smallest absolute Gasteiger partial charge is 0.280 e. The van der Waals surface area contributed by atoms with Crippen LogP contribution in [0.15, 0.2) is 30.3 Å².